The van der Waals surface area contributed by atoms with Crippen molar-refractivity contribution in [3.8, 4) is 17.2 Å². The summed E-state index contributed by atoms with van der Waals surface area (Å²) in [6.07, 6.45) is 2.93. The molecule has 0 atom stereocenters. The van der Waals surface area contributed by atoms with Crippen LogP contribution in [0.4, 0.5) is 5.82 Å². The Bertz CT molecular complexity index is 701. The summed E-state index contributed by atoms with van der Waals surface area (Å²) in [6, 6.07) is 9.72. The summed E-state index contributed by atoms with van der Waals surface area (Å²) in [7, 11) is 0. The van der Waals surface area contributed by atoms with E-state index in [4.69, 9.17) is 17.3 Å². The molecule has 0 aliphatic heterocycles. The van der Waals surface area contributed by atoms with E-state index in [1.807, 2.05) is 24.3 Å². The summed E-state index contributed by atoms with van der Waals surface area (Å²) >= 11 is 6.05. The van der Waals surface area contributed by atoms with Gasteiger partial charge in [0.2, 0.25) is 0 Å². The van der Waals surface area contributed by atoms with Gasteiger partial charge in [-0.25, -0.2) is 4.98 Å². The van der Waals surface area contributed by atoms with Gasteiger partial charge in [-0.1, -0.05) is 23.7 Å². The highest BCUT2D eigenvalue weighted by Gasteiger charge is 2.23. The minimum Gasteiger partial charge on any atom is -0.383 e. The Kier molecular flexibility index (Phi) is 2.88. The van der Waals surface area contributed by atoms with Crippen molar-refractivity contribution in [2.24, 2.45) is 0 Å². The van der Waals surface area contributed by atoms with Gasteiger partial charge < -0.3 is 5.73 Å². The number of nitriles is 1. The number of aryl methyl sites for hydroxylation is 1. The Morgan fingerprint density at radius 2 is 2.16 bits per heavy atom. The molecule has 0 amide bonds. The maximum atomic E-state index is 9.36. The second-order valence-electron chi connectivity index (χ2n) is 4.65. The summed E-state index contributed by atoms with van der Waals surface area (Å²) in [5.41, 5.74) is 10.4. The van der Waals surface area contributed by atoms with Crippen LogP contribution in [0.25, 0.3) is 11.1 Å². The van der Waals surface area contributed by atoms with E-state index in [1.54, 1.807) is 0 Å². The lowest BCUT2D eigenvalue weighted by Crippen LogP contribution is -2.03. The number of aromatic nitrogens is 1. The molecular formula is C15H12ClN3. The number of hydrogen-bond donors (Lipinski definition) is 1. The first-order valence-electron chi connectivity index (χ1n) is 6.18. The monoisotopic (exact) mass is 269 g/mol. The van der Waals surface area contributed by atoms with Crippen molar-refractivity contribution >= 4 is 17.4 Å². The van der Waals surface area contributed by atoms with Gasteiger partial charge in [-0.05, 0) is 42.5 Å². The van der Waals surface area contributed by atoms with Gasteiger partial charge >= 0.3 is 0 Å². The number of anilines is 1. The normalized spacial score (nSPS) is 13.1. The van der Waals surface area contributed by atoms with Crippen LogP contribution in [0.2, 0.25) is 5.02 Å². The van der Waals surface area contributed by atoms with Crippen LogP contribution in [-0.4, -0.2) is 4.98 Å². The average molecular weight is 270 g/mol. The lowest BCUT2D eigenvalue weighted by atomic mass is 9.95. The van der Waals surface area contributed by atoms with Crippen molar-refractivity contribution in [1.29, 1.82) is 5.26 Å². The Morgan fingerprint density at radius 1 is 1.32 bits per heavy atom. The first-order chi connectivity index (χ1) is 9.20. The van der Waals surface area contributed by atoms with Crippen LogP contribution in [0, 0.1) is 11.3 Å². The number of nitrogens with two attached hydrogens (primary N) is 1. The van der Waals surface area contributed by atoms with Gasteiger partial charge in [-0.3, -0.25) is 0 Å². The van der Waals surface area contributed by atoms with Crippen molar-refractivity contribution in [2.75, 3.05) is 5.73 Å². The summed E-state index contributed by atoms with van der Waals surface area (Å²) in [5.74, 6) is 0.318. The highest BCUT2D eigenvalue weighted by molar-refractivity contribution is 6.30. The average Bonchev–Trinajstić information content (AvgIpc) is 2.84. The number of rotatable bonds is 1. The van der Waals surface area contributed by atoms with Crippen LogP contribution in [0.15, 0.2) is 24.3 Å². The number of hydrogen-bond acceptors (Lipinski definition) is 3. The van der Waals surface area contributed by atoms with Crippen molar-refractivity contribution in [3.63, 3.8) is 0 Å². The quantitative estimate of drug-likeness (QED) is 0.863. The molecule has 1 aromatic carbocycles. The maximum absolute atomic E-state index is 9.36. The third kappa shape index (κ3) is 1.94. The number of benzene rings is 1. The fourth-order valence-corrected chi connectivity index (χ4v) is 2.87. The lowest BCUT2D eigenvalue weighted by molar-refractivity contribution is 0.900. The van der Waals surface area contributed by atoms with Gasteiger partial charge in [0.15, 0.2) is 0 Å². The number of pyridine rings is 1. The minimum absolute atomic E-state index is 0.318. The minimum atomic E-state index is 0.318. The predicted octanol–water partition coefficient (Wildman–Crippen LogP) is 3.34. The van der Waals surface area contributed by atoms with Crippen molar-refractivity contribution < 1.29 is 0 Å². The van der Waals surface area contributed by atoms with Gasteiger partial charge in [-0.2, -0.15) is 5.26 Å². The zero-order valence-electron chi connectivity index (χ0n) is 10.3. The molecule has 2 aromatic rings. The van der Waals surface area contributed by atoms with Gasteiger partial charge in [0.1, 0.15) is 17.5 Å². The van der Waals surface area contributed by atoms with Crippen molar-refractivity contribution in [1.82, 2.24) is 4.98 Å². The zero-order chi connectivity index (χ0) is 13.4. The predicted molar refractivity (Wildman–Crippen MR) is 75.8 cm³/mol. The second-order valence-corrected chi connectivity index (χ2v) is 5.08. The Morgan fingerprint density at radius 3 is 2.89 bits per heavy atom. The number of halogens is 1. The third-order valence-electron chi connectivity index (χ3n) is 3.48. The topological polar surface area (TPSA) is 62.7 Å². The summed E-state index contributed by atoms with van der Waals surface area (Å²) < 4.78 is 0. The Hall–Kier alpha value is -2.05. The molecule has 0 bridgehead atoms. The lowest BCUT2D eigenvalue weighted by Gasteiger charge is -2.12. The van der Waals surface area contributed by atoms with E-state index in [0.29, 0.717) is 16.4 Å². The summed E-state index contributed by atoms with van der Waals surface area (Å²) in [4.78, 5) is 4.36. The van der Waals surface area contributed by atoms with Gasteiger partial charge in [0, 0.05) is 16.3 Å². The number of fused-ring (bicyclic) bond motifs is 1. The molecule has 1 aromatic heterocycles. The molecule has 0 saturated carbocycles. The largest absolute Gasteiger partial charge is 0.383 e. The van der Waals surface area contributed by atoms with Crippen LogP contribution in [0.3, 0.4) is 0 Å². The molecule has 3 rings (SSSR count). The Balaban J connectivity index is 2.34. The number of nitrogens with zero attached hydrogens (tertiary/aromatic N) is 2. The first kappa shape index (κ1) is 12.0. The molecule has 94 valence electrons. The Labute approximate surface area is 116 Å². The zero-order valence-corrected chi connectivity index (χ0v) is 11.0. The van der Waals surface area contributed by atoms with Gasteiger partial charge in [0.25, 0.3) is 0 Å². The van der Waals surface area contributed by atoms with Crippen molar-refractivity contribution in [2.45, 2.75) is 19.3 Å². The molecule has 3 nitrogen and oxygen atoms in total. The van der Waals surface area contributed by atoms with Crippen LogP contribution < -0.4 is 5.73 Å². The standard InChI is InChI=1S/C15H12ClN3/c16-10-4-1-3-9(7-10)14-11-5-2-6-13(11)19-15(18)12(14)8-17/h1,3-4,7H,2,5-6H2,(H2,18,19). The van der Waals surface area contributed by atoms with E-state index in [2.05, 4.69) is 11.1 Å². The highest BCUT2D eigenvalue weighted by atomic mass is 35.5. The molecule has 2 N–H and O–H groups in total. The van der Waals surface area contributed by atoms with Crippen molar-refractivity contribution in [3.05, 3.63) is 46.1 Å². The van der Waals surface area contributed by atoms with E-state index in [9.17, 15) is 5.26 Å². The molecule has 4 heteroatoms. The van der Waals surface area contributed by atoms with Crippen LogP contribution in [0.5, 0.6) is 0 Å². The maximum Gasteiger partial charge on any atom is 0.142 e. The third-order valence-corrected chi connectivity index (χ3v) is 3.71. The second kappa shape index (κ2) is 4.56. The van der Waals surface area contributed by atoms with E-state index in [-0.39, 0.29) is 0 Å². The fraction of sp³-hybridized carbons (Fsp3) is 0.200. The van der Waals surface area contributed by atoms with Crippen LogP contribution in [0.1, 0.15) is 23.2 Å². The highest BCUT2D eigenvalue weighted by Crippen LogP contribution is 2.37. The molecule has 1 aliphatic rings. The summed E-state index contributed by atoms with van der Waals surface area (Å²) in [5, 5.41) is 10.0. The van der Waals surface area contributed by atoms with E-state index in [0.717, 1.165) is 41.6 Å². The first-order valence-corrected chi connectivity index (χ1v) is 6.55. The molecular weight excluding hydrogens is 258 g/mol. The summed E-state index contributed by atoms with van der Waals surface area (Å²) in [6.45, 7) is 0. The van der Waals surface area contributed by atoms with Gasteiger partial charge in [0.05, 0.1) is 0 Å². The van der Waals surface area contributed by atoms with Crippen LogP contribution in [-0.2, 0) is 12.8 Å². The molecule has 0 fully saturated rings. The molecule has 19 heavy (non-hydrogen) atoms. The van der Waals surface area contributed by atoms with E-state index in [1.165, 1.54) is 0 Å². The molecule has 1 aliphatic carbocycles. The van der Waals surface area contributed by atoms with Crippen LogP contribution >= 0.6 is 11.6 Å². The molecule has 0 spiro atoms. The fourth-order valence-electron chi connectivity index (χ4n) is 2.68. The molecule has 1 heterocycles. The van der Waals surface area contributed by atoms with E-state index < -0.39 is 0 Å². The molecule has 0 saturated heterocycles. The smallest absolute Gasteiger partial charge is 0.142 e. The molecule has 0 radical (unpaired) electrons. The SMILES string of the molecule is N#Cc1c(N)nc2c(c1-c1cccc(Cl)c1)CCC2. The van der Waals surface area contributed by atoms with Gasteiger partial charge in [-0.15, -0.1) is 0 Å². The van der Waals surface area contributed by atoms with E-state index >= 15 is 0 Å². The molecule has 0 unspecified atom stereocenters. The number of nitrogen functional groups attached to an aromatic ring is 1.